The second kappa shape index (κ2) is 5.83. The molecular formula is C19H15Cl2NO2. The van der Waals surface area contributed by atoms with Crippen molar-refractivity contribution in [3.05, 3.63) is 75.3 Å². The highest BCUT2D eigenvalue weighted by Gasteiger charge is 2.39. The van der Waals surface area contributed by atoms with Gasteiger partial charge in [-0.2, -0.15) is 0 Å². The molecule has 0 unspecified atom stereocenters. The molecule has 24 heavy (non-hydrogen) atoms. The number of allylic oxidation sites excluding steroid dienone is 2. The highest BCUT2D eigenvalue weighted by Crippen LogP contribution is 2.51. The summed E-state index contributed by atoms with van der Waals surface area (Å²) in [5, 5.41) is 13.9. The van der Waals surface area contributed by atoms with Gasteiger partial charge in [-0.3, -0.25) is 0 Å². The van der Waals surface area contributed by atoms with Gasteiger partial charge in [0.25, 0.3) is 0 Å². The molecule has 2 N–H and O–H groups in total. The highest BCUT2D eigenvalue weighted by molar-refractivity contribution is 6.42. The topological polar surface area (TPSA) is 49.3 Å². The number of anilines is 1. The first-order valence-electron chi connectivity index (χ1n) is 7.80. The minimum absolute atomic E-state index is 0.0411. The molecule has 0 fully saturated rings. The van der Waals surface area contributed by atoms with Crippen molar-refractivity contribution in [2.45, 2.75) is 18.4 Å². The molecule has 1 heterocycles. The number of rotatable bonds is 2. The van der Waals surface area contributed by atoms with Gasteiger partial charge < -0.3 is 10.4 Å². The van der Waals surface area contributed by atoms with Crippen LogP contribution in [0.2, 0.25) is 10.0 Å². The molecule has 3 nitrogen and oxygen atoms in total. The Morgan fingerprint density at radius 3 is 2.79 bits per heavy atom. The van der Waals surface area contributed by atoms with Gasteiger partial charge in [0.05, 0.1) is 21.7 Å². The Labute approximate surface area is 149 Å². The van der Waals surface area contributed by atoms with Crippen molar-refractivity contribution in [3.8, 4) is 0 Å². The maximum atomic E-state index is 11.3. The van der Waals surface area contributed by atoms with Gasteiger partial charge in [0, 0.05) is 11.6 Å². The SMILES string of the molecule is O=C(O)c1ccc2c(c1)[C@@H]1C=CC[C@H]1[C@@H](c1cccc(Cl)c1Cl)N2. The van der Waals surface area contributed by atoms with Crippen LogP contribution in [-0.4, -0.2) is 11.1 Å². The molecule has 2 aromatic rings. The first kappa shape index (κ1) is 15.6. The number of carboxylic acids is 1. The van der Waals surface area contributed by atoms with E-state index >= 15 is 0 Å². The minimum atomic E-state index is -0.906. The summed E-state index contributed by atoms with van der Waals surface area (Å²) >= 11 is 12.6. The Morgan fingerprint density at radius 1 is 1.17 bits per heavy atom. The van der Waals surface area contributed by atoms with Gasteiger partial charge in [-0.15, -0.1) is 0 Å². The van der Waals surface area contributed by atoms with Crippen LogP contribution in [0, 0.1) is 5.92 Å². The van der Waals surface area contributed by atoms with Crippen molar-refractivity contribution in [1.29, 1.82) is 0 Å². The molecule has 5 heteroatoms. The summed E-state index contributed by atoms with van der Waals surface area (Å²) in [6.45, 7) is 0. The predicted octanol–water partition coefficient (Wildman–Crippen LogP) is 5.52. The number of fused-ring (bicyclic) bond motifs is 3. The monoisotopic (exact) mass is 359 g/mol. The van der Waals surface area contributed by atoms with Gasteiger partial charge in [0.1, 0.15) is 0 Å². The summed E-state index contributed by atoms with van der Waals surface area (Å²) in [6, 6.07) is 11.0. The maximum absolute atomic E-state index is 11.3. The number of carbonyl (C=O) groups is 1. The zero-order valence-corrected chi connectivity index (χ0v) is 14.2. The van der Waals surface area contributed by atoms with Crippen LogP contribution >= 0.6 is 23.2 Å². The maximum Gasteiger partial charge on any atom is 0.335 e. The fraction of sp³-hybridized carbons (Fsp3) is 0.211. The molecule has 0 saturated carbocycles. The van der Waals surface area contributed by atoms with E-state index < -0.39 is 5.97 Å². The van der Waals surface area contributed by atoms with Crippen LogP contribution in [0.3, 0.4) is 0 Å². The second-order valence-corrected chi connectivity index (χ2v) is 7.01. The number of nitrogens with one attached hydrogen (secondary N) is 1. The van der Waals surface area contributed by atoms with E-state index in [0.717, 1.165) is 23.2 Å². The van der Waals surface area contributed by atoms with E-state index in [1.807, 2.05) is 18.2 Å². The molecule has 0 spiro atoms. The lowest BCUT2D eigenvalue weighted by molar-refractivity contribution is 0.0696. The minimum Gasteiger partial charge on any atom is -0.478 e. The van der Waals surface area contributed by atoms with E-state index in [1.54, 1.807) is 18.2 Å². The van der Waals surface area contributed by atoms with E-state index in [2.05, 4.69) is 17.5 Å². The molecule has 0 radical (unpaired) electrons. The molecule has 1 aliphatic carbocycles. The van der Waals surface area contributed by atoms with Crippen molar-refractivity contribution >= 4 is 34.9 Å². The van der Waals surface area contributed by atoms with Crippen LogP contribution in [0.15, 0.2) is 48.6 Å². The summed E-state index contributed by atoms with van der Waals surface area (Å²) in [4.78, 5) is 11.3. The molecule has 4 rings (SSSR count). The van der Waals surface area contributed by atoms with E-state index in [9.17, 15) is 9.90 Å². The van der Waals surface area contributed by atoms with Crippen LogP contribution < -0.4 is 5.32 Å². The Balaban J connectivity index is 1.81. The predicted molar refractivity (Wildman–Crippen MR) is 96.2 cm³/mol. The fourth-order valence-corrected chi connectivity index (χ4v) is 4.22. The number of halogens is 2. The summed E-state index contributed by atoms with van der Waals surface area (Å²) in [5.74, 6) is -0.436. The van der Waals surface area contributed by atoms with Gasteiger partial charge in [-0.25, -0.2) is 4.79 Å². The van der Waals surface area contributed by atoms with Crippen molar-refractivity contribution in [2.24, 2.45) is 5.92 Å². The van der Waals surface area contributed by atoms with Gasteiger partial charge in [-0.1, -0.05) is 47.5 Å². The molecule has 0 saturated heterocycles. The number of hydrogen-bond donors (Lipinski definition) is 2. The zero-order valence-electron chi connectivity index (χ0n) is 12.7. The molecule has 0 bridgehead atoms. The third kappa shape index (κ3) is 2.40. The smallest absolute Gasteiger partial charge is 0.335 e. The zero-order chi connectivity index (χ0) is 16.8. The van der Waals surface area contributed by atoms with Crippen LogP contribution in [0.5, 0.6) is 0 Å². The van der Waals surface area contributed by atoms with Crippen LogP contribution in [-0.2, 0) is 0 Å². The Bertz CT molecular complexity index is 862. The number of benzene rings is 2. The first-order valence-corrected chi connectivity index (χ1v) is 8.56. The van der Waals surface area contributed by atoms with Gasteiger partial charge >= 0.3 is 5.97 Å². The molecule has 1 aliphatic heterocycles. The van der Waals surface area contributed by atoms with Crippen molar-refractivity contribution < 1.29 is 9.90 Å². The Hall–Kier alpha value is -1.97. The van der Waals surface area contributed by atoms with Crippen molar-refractivity contribution in [3.63, 3.8) is 0 Å². The van der Waals surface area contributed by atoms with Gasteiger partial charge in [-0.05, 0) is 47.7 Å². The standard InChI is InChI=1S/C19H15Cl2NO2/c20-15-6-2-5-13(17(15)21)18-12-4-1-3-11(12)14-9-10(19(23)24)7-8-16(14)22-18/h1-3,5-9,11-12,18,22H,4H2,(H,23,24)/t11-,12-,18+/m1/s1. The van der Waals surface area contributed by atoms with Gasteiger partial charge in [0.15, 0.2) is 0 Å². The average molecular weight is 360 g/mol. The lowest BCUT2D eigenvalue weighted by atomic mass is 9.76. The Kier molecular flexibility index (Phi) is 3.78. The quantitative estimate of drug-likeness (QED) is 0.694. The van der Waals surface area contributed by atoms with Crippen molar-refractivity contribution in [2.75, 3.05) is 5.32 Å². The third-order valence-electron chi connectivity index (χ3n) is 4.93. The number of carboxylic acid groups (broad SMARTS) is 1. The number of aromatic carboxylic acids is 1. The lowest BCUT2D eigenvalue weighted by Crippen LogP contribution is -2.29. The summed E-state index contributed by atoms with van der Waals surface area (Å²) < 4.78 is 0. The summed E-state index contributed by atoms with van der Waals surface area (Å²) in [6.07, 6.45) is 5.24. The fourth-order valence-electron chi connectivity index (χ4n) is 3.80. The van der Waals surface area contributed by atoms with E-state index in [-0.39, 0.29) is 17.9 Å². The average Bonchev–Trinajstić information content (AvgIpc) is 3.06. The molecule has 0 amide bonds. The first-order chi connectivity index (χ1) is 11.6. The van der Waals surface area contributed by atoms with Crippen LogP contribution in [0.4, 0.5) is 5.69 Å². The van der Waals surface area contributed by atoms with Crippen LogP contribution in [0.25, 0.3) is 0 Å². The molecule has 0 aromatic heterocycles. The highest BCUT2D eigenvalue weighted by atomic mass is 35.5. The normalized spacial score (nSPS) is 24.2. The van der Waals surface area contributed by atoms with E-state index in [1.165, 1.54) is 0 Å². The largest absolute Gasteiger partial charge is 0.478 e. The third-order valence-corrected chi connectivity index (χ3v) is 5.76. The van der Waals surface area contributed by atoms with Gasteiger partial charge in [0.2, 0.25) is 0 Å². The van der Waals surface area contributed by atoms with E-state index in [4.69, 9.17) is 23.2 Å². The molecule has 3 atom stereocenters. The lowest BCUT2D eigenvalue weighted by Gasteiger charge is -2.38. The van der Waals surface area contributed by atoms with Crippen molar-refractivity contribution in [1.82, 2.24) is 0 Å². The van der Waals surface area contributed by atoms with E-state index in [0.29, 0.717) is 15.6 Å². The summed E-state index contributed by atoms with van der Waals surface area (Å²) in [7, 11) is 0. The number of hydrogen-bond acceptors (Lipinski definition) is 2. The molecule has 122 valence electrons. The Morgan fingerprint density at radius 2 is 2.00 bits per heavy atom. The molecule has 2 aliphatic rings. The second-order valence-electron chi connectivity index (χ2n) is 6.23. The summed E-state index contributed by atoms with van der Waals surface area (Å²) in [5.41, 5.74) is 3.28. The van der Waals surface area contributed by atoms with Crippen LogP contribution in [0.1, 0.15) is 39.9 Å². The molecular weight excluding hydrogens is 345 g/mol. The molecule has 2 aromatic carbocycles.